The Kier molecular flexibility index (Phi) is 6.66. The Morgan fingerprint density at radius 2 is 1.79 bits per heavy atom. The van der Waals surface area contributed by atoms with E-state index in [0.29, 0.717) is 0 Å². The second kappa shape index (κ2) is 8.26. The summed E-state index contributed by atoms with van der Waals surface area (Å²) < 4.78 is 0. The number of likely N-dealkylation sites (tertiary alicyclic amines) is 1. The Labute approximate surface area is 120 Å². The van der Waals surface area contributed by atoms with Crippen molar-refractivity contribution in [1.29, 1.82) is 0 Å². The third kappa shape index (κ3) is 4.75. The first-order valence-electron chi connectivity index (χ1n) is 8.79. The zero-order valence-electron chi connectivity index (χ0n) is 13.2. The van der Waals surface area contributed by atoms with Gasteiger partial charge in [0.15, 0.2) is 0 Å². The molecule has 0 aromatic rings. The van der Waals surface area contributed by atoms with Crippen LogP contribution in [0.2, 0.25) is 0 Å². The number of nitrogens with one attached hydrogen (secondary N) is 1. The smallest absolute Gasteiger partial charge is 0.0107 e. The highest BCUT2D eigenvalue weighted by atomic mass is 15.1. The molecule has 0 aromatic carbocycles. The molecule has 0 radical (unpaired) electrons. The lowest BCUT2D eigenvalue weighted by atomic mass is 9.84. The van der Waals surface area contributed by atoms with Crippen LogP contribution >= 0.6 is 0 Å². The lowest BCUT2D eigenvalue weighted by Crippen LogP contribution is -2.44. The summed E-state index contributed by atoms with van der Waals surface area (Å²) in [6, 6.07) is 0.795. The van der Waals surface area contributed by atoms with Crippen molar-refractivity contribution in [2.45, 2.75) is 71.3 Å². The molecule has 0 aromatic heterocycles. The summed E-state index contributed by atoms with van der Waals surface area (Å²) >= 11 is 0. The molecule has 2 aliphatic rings. The standard InChI is InChI=1S/C17H34N2/c1-3-15-8-7-12-19(13-11-15)14-16-9-5-6-10-17(16)18-4-2/h15-18H,3-14H2,1-2H3. The van der Waals surface area contributed by atoms with Gasteiger partial charge in [-0.25, -0.2) is 0 Å². The third-order valence-electron chi connectivity index (χ3n) is 5.39. The molecular weight excluding hydrogens is 232 g/mol. The fraction of sp³-hybridized carbons (Fsp3) is 1.00. The number of rotatable bonds is 5. The molecule has 3 atom stereocenters. The van der Waals surface area contributed by atoms with E-state index < -0.39 is 0 Å². The predicted octanol–water partition coefficient (Wildman–Crippen LogP) is 3.67. The van der Waals surface area contributed by atoms with Crippen molar-refractivity contribution in [2.24, 2.45) is 11.8 Å². The normalized spacial score (nSPS) is 34.1. The first kappa shape index (κ1) is 15.3. The molecule has 19 heavy (non-hydrogen) atoms. The Balaban J connectivity index is 1.81. The number of hydrogen-bond acceptors (Lipinski definition) is 2. The highest BCUT2D eigenvalue weighted by Crippen LogP contribution is 2.27. The summed E-state index contributed by atoms with van der Waals surface area (Å²) in [7, 11) is 0. The van der Waals surface area contributed by atoms with Crippen molar-refractivity contribution in [3.8, 4) is 0 Å². The summed E-state index contributed by atoms with van der Waals surface area (Å²) in [5.74, 6) is 1.91. The lowest BCUT2D eigenvalue weighted by Gasteiger charge is -2.35. The van der Waals surface area contributed by atoms with Crippen molar-refractivity contribution in [1.82, 2.24) is 10.2 Å². The summed E-state index contributed by atoms with van der Waals surface area (Å²) in [6.45, 7) is 9.82. The maximum atomic E-state index is 3.73. The maximum Gasteiger partial charge on any atom is 0.0107 e. The highest BCUT2D eigenvalue weighted by Gasteiger charge is 2.27. The summed E-state index contributed by atoms with van der Waals surface area (Å²) in [6.07, 6.45) is 11.5. The van der Waals surface area contributed by atoms with Crippen LogP contribution in [0.3, 0.4) is 0 Å². The van der Waals surface area contributed by atoms with Crippen molar-refractivity contribution in [2.75, 3.05) is 26.2 Å². The fourth-order valence-electron chi connectivity index (χ4n) is 4.10. The van der Waals surface area contributed by atoms with Crippen molar-refractivity contribution in [3.63, 3.8) is 0 Å². The van der Waals surface area contributed by atoms with Gasteiger partial charge >= 0.3 is 0 Å². The van der Waals surface area contributed by atoms with E-state index >= 15 is 0 Å². The minimum Gasteiger partial charge on any atom is -0.314 e. The van der Waals surface area contributed by atoms with Gasteiger partial charge in [-0.3, -0.25) is 0 Å². The molecule has 1 aliphatic heterocycles. The van der Waals surface area contributed by atoms with E-state index in [4.69, 9.17) is 0 Å². The quantitative estimate of drug-likeness (QED) is 0.817. The molecule has 1 N–H and O–H groups in total. The van der Waals surface area contributed by atoms with Crippen LogP contribution in [0.1, 0.15) is 65.2 Å². The molecule has 1 saturated heterocycles. The minimum absolute atomic E-state index is 0.795. The average Bonchev–Trinajstić information content (AvgIpc) is 2.66. The van der Waals surface area contributed by atoms with Gasteiger partial charge in [0.05, 0.1) is 0 Å². The Morgan fingerprint density at radius 1 is 0.947 bits per heavy atom. The van der Waals surface area contributed by atoms with Gasteiger partial charge in [-0.05, 0) is 63.6 Å². The van der Waals surface area contributed by atoms with Crippen LogP contribution in [-0.4, -0.2) is 37.1 Å². The molecule has 1 aliphatic carbocycles. The van der Waals surface area contributed by atoms with Crippen LogP contribution in [0.15, 0.2) is 0 Å². The van der Waals surface area contributed by atoms with Crippen LogP contribution < -0.4 is 5.32 Å². The predicted molar refractivity (Wildman–Crippen MR) is 83.5 cm³/mol. The zero-order chi connectivity index (χ0) is 13.5. The van der Waals surface area contributed by atoms with Gasteiger partial charge in [-0.2, -0.15) is 0 Å². The Bertz CT molecular complexity index is 239. The van der Waals surface area contributed by atoms with Crippen molar-refractivity contribution < 1.29 is 0 Å². The van der Waals surface area contributed by atoms with Crippen LogP contribution in [0, 0.1) is 11.8 Å². The SMILES string of the molecule is CCNC1CCCCC1CN1CCCC(CC)CC1. The molecule has 0 amide bonds. The molecule has 2 fully saturated rings. The Morgan fingerprint density at radius 3 is 2.58 bits per heavy atom. The minimum atomic E-state index is 0.795. The molecule has 1 saturated carbocycles. The second-order valence-electron chi connectivity index (χ2n) is 6.71. The van der Waals surface area contributed by atoms with Crippen molar-refractivity contribution >= 4 is 0 Å². The van der Waals surface area contributed by atoms with E-state index in [9.17, 15) is 0 Å². The second-order valence-corrected chi connectivity index (χ2v) is 6.71. The largest absolute Gasteiger partial charge is 0.314 e. The molecule has 0 spiro atoms. The van der Waals surface area contributed by atoms with Gasteiger partial charge in [0.2, 0.25) is 0 Å². The first-order valence-corrected chi connectivity index (χ1v) is 8.79. The zero-order valence-corrected chi connectivity index (χ0v) is 13.2. The lowest BCUT2D eigenvalue weighted by molar-refractivity contribution is 0.171. The van der Waals surface area contributed by atoms with E-state index in [-0.39, 0.29) is 0 Å². The molecule has 112 valence electrons. The van der Waals surface area contributed by atoms with E-state index in [1.165, 1.54) is 71.0 Å². The van der Waals surface area contributed by atoms with E-state index in [1.54, 1.807) is 0 Å². The van der Waals surface area contributed by atoms with Gasteiger partial charge in [0, 0.05) is 12.6 Å². The monoisotopic (exact) mass is 266 g/mol. The van der Waals surface area contributed by atoms with E-state index in [0.717, 1.165) is 24.4 Å². The topological polar surface area (TPSA) is 15.3 Å². The molecule has 3 unspecified atom stereocenters. The average molecular weight is 266 g/mol. The fourth-order valence-corrected chi connectivity index (χ4v) is 4.10. The van der Waals surface area contributed by atoms with Gasteiger partial charge in [0.1, 0.15) is 0 Å². The summed E-state index contributed by atoms with van der Waals surface area (Å²) in [5, 5.41) is 3.73. The van der Waals surface area contributed by atoms with Crippen LogP contribution in [0.4, 0.5) is 0 Å². The van der Waals surface area contributed by atoms with Crippen molar-refractivity contribution in [3.05, 3.63) is 0 Å². The molecule has 2 heteroatoms. The third-order valence-corrected chi connectivity index (χ3v) is 5.39. The van der Waals surface area contributed by atoms with Gasteiger partial charge in [-0.1, -0.05) is 33.1 Å². The van der Waals surface area contributed by atoms with Gasteiger partial charge in [0.25, 0.3) is 0 Å². The molecular formula is C17H34N2. The molecule has 2 nitrogen and oxygen atoms in total. The Hall–Kier alpha value is -0.0800. The number of hydrogen-bond donors (Lipinski definition) is 1. The van der Waals surface area contributed by atoms with E-state index in [1.807, 2.05) is 0 Å². The van der Waals surface area contributed by atoms with Crippen LogP contribution in [-0.2, 0) is 0 Å². The molecule has 2 rings (SSSR count). The van der Waals surface area contributed by atoms with Crippen LogP contribution in [0.5, 0.6) is 0 Å². The summed E-state index contributed by atoms with van der Waals surface area (Å²) in [4.78, 5) is 2.77. The molecule has 1 heterocycles. The van der Waals surface area contributed by atoms with Gasteiger partial charge < -0.3 is 10.2 Å². The van der Waals surface area contributed by atoms with E-state index in [2.05, 4.69) is 24.1 Å². The number of nitrogens with zero attached hydrogens (tertiary/aromatic N) is 1. The highest BCUT2D eigenvalue weighted by molar-refractivity contribution is 4.83. The van der Waals surface area contributed by atoms with Crippen LogP contribution in [0.25, 0.3) is 0 Å². The molecule has 0 bridgehead atoms. The summed E-state index contributed by atoms with van der Waals surface area (Å²) in [5.41, 5.74) is 0. The first-order chi connectivity index (χ1) is 9.33. The maximum absolute atomic E-state index is 3.73. The van der Waals surface area contributed by atoms with Gasteiger partial charge in [-0.15, -0.1) is 0 Å².